The van der Waals surface area contributed by atoms with Crippen LogP contribution in [0.3, 0.4) is 0 Å². The zero-order valence-corrected chi connectivity index (χ0v) is 9.65. The molecule has 2 aromatic heterocycles. The van der Waals surface area contributed by atoms with E-state index >= 15 is 0 Å². The van der Waals surface area contributed by atoms with Gasteiger partial charge in [0, 0.05) is 7.05 Å². The summed E-state index contributed by atoms with van der Waals surface area (Å²) in [5.74, 6) is 0.238. The van der Waals surface area contributed by atoms with Gasteiger partial charge in [-0.25, -0.2) is 9.55 Å². The van der Waals surface area contributed by atoms with Crippen LogP contribution in [0.25, 0.3) is 11.5 Å². The molecule has 2 aromatic rings. The number of anilines is 1. The molecule has 0 unspecified atom stereocenters. The van der Waals surface area contributed by atoms with Crippen LogP contribution in [-0.4, -0.2) is 24.3 Å². The third-order valence-corrected chi connectivity index (χ3v) is 2.57. The number of nitrogens with zero attached hydrogens (tertiary/aromatic N) is 6. The smallest absolute Gasteiger partial charge is 0.342 e. The van der Waals surface area contributed by atoms with Gasteiger partial charge in [0.15, 0.2) is 5.69 Å². The van der Waals surface area contributed by atoms with Gasteiger partial charge in [-0.15, -0.1) is 0 Å². The third-order valence-electron chi connectivity index (χ3n) is 2.57. The van der Waals surface area contributed by atoms with Gasteiger partial charge >= 0.3 is 5.82 Å². The van der Waals surface area contributed by atoms with Gasteiger partial charge in [0.1, 0.15) is 23.6 Å². The molecule has 9 heteroatoms. The Balaban J connectivity index is 2.67. The number of aromatic nitrogens is 4. The van der Waals surface area contributed by atoms with Crippen LogP contribution in [0.4, 0.5) is 11.6 Å². The van der Waals surface area contributed by atoms with E-state index in [1.165, 1.54) is 16.3 Å². The van der Waals surface area contributed by atoms with E-state index in [1.54, 1.807) is 7.05 Å². The lowest BCUT2D eigenvalue weighted by molar-refractivity contribution is -0.391. The summed E-state index contributed by atoms with van der Waals surface area (Å²) in [5, 5.41) is 23.8. The van der Waals surface area contributed by atoms with Gasteiger partial charge < -0.3 is 15.8 Å². The SMILES string of the molecule is Cn1nc(-c2ncc([N+](=O)[O-])n2C)c(C#N)c1N. The van der Waals surface area contributed by atoms with Crippen LogP contribution in [0.2, 0.25) is 0 Å². The van der Waals surface area contributed by atoms with Crippen molar-refractivity contribution in [2.75, 3.05) is 5.73 Å². The average Bonchev–Trinajstić information content (AvgIpc) is 2.81. The highest BCUT2D eigenvalue weighted by molar-refractivity contribution is 5.69. The first-order valence-electron chi connectivity index (χ1n) is 4.86. The van der Waals surface area contributed by atoms with E-state index in [9.17, 15) is 10.1 Å². The van der Waals surface area contributed by atoms with Crippen molar-refractivity contribution in [2.45, 2.75) is 0 Å². The minimum atomic E-state index is -0.561. The number of hydrogen-bond donors (Lipinski definition) is 1. The Kier molecular flexibility index (Phi) is 2.48. The Labute approximate surface area is 101 Å². The molecule has 0 aliphatic heterocycles. The number of nitrogens with two attached hydrogens (primary N) is 1. The topological polar surface area (TPSA) is 129 Å². The Morgan fingerprint density at radius 2 is 2.22 bits per heavy atom. The van der Waals surface area contributed by atoms with E-state index in [1.807, 2.05) is 6.07 Å². The predicted molar refractivity (Wildman–Crippen MR) is 61.2 cm³/mol. The monoisotopic (exact) mass is 247 g/mol. The van der Waals surface area contributed by atoms with E-state index in [2.05, 4.69) is 10.1 Å². The van der Waals surface area contributed by atoms with E-state index in [-0.39, 0.29) is 28.7 Å². The number of imidazole rings is 1. The molecule has 0 bridgehead atoms. The van der Waals surface area contributed by atoms with Gasteiger partial charge in [0.2, 0.25) is 0 Å². The second kappa shape index (κ2) is 3.85. The summed E-state index contributed by atoms with van der Waals surface area (Å²) in [5.41, 5.74) is 6.06. The summed E-state index contributed by atoms with van der Waals surface area (Å²) in [4.78, 5) is 14.1. The van der Waals surface area contributed by atoms with Crippen LogP contribution in [0.15, 0.2) is 6.20 Å². The molecule has 9 nitrogen and oxygen atoms in total. The predicted octanol–water partition coefficient (Wildman–Crippen LogP) is 0.183. The molecule has 92 valence electrons. The zero-order chi connectivity index (χ0) is 13.4. The minimum Gasteiger partial charge on any atom is -0.383 e. The maximum atomic E-state index is 10.7. The quantitative estimate of drug-likeness (QED) is 0.595. The fraction of sp³-hybridized carbons (Fsp3) is 0.222. The minimum absolute atomic E-state index is 0.154. The summed E-state index contributed by atoms with van der Waals surface area (Å²) in [6.07, 6.45) is 1.11. The standard InChI is InChI=1S/C9H9N7O2/c1-14-6(16(17)18)4-12-9(14)7-5(3-10)8(11)15(2)13-7/h4H,11H2,1-2H3. The Morgan fingerprint density at radius 1 is 1.56 bits per heavy atom. The van der Waals surface area contributed by atoms with Crippen molar-refractivity contribution >= 4 is 11.6 Å². The molecule has 0 aromatic carbocycles. The Hall–Kier alpha value is -2.89. The first-order chi connectivity index (χ1) is 8.47. The summed E-state index contributed by atoms with van der Waals surface area (Å²) in [6.45, 7) is 0. The maximum Gasteiger partial charge on any atom is 0.342 e. The second-order valence-corrected chi connectivity index (χ2v) is 3.60. The number of aryl methyl sites for hydroxylation is 1. The van der Waals surface area contributed by atoms with Gasteiger partial charge in [-0.05, 0) is 4.92 Å². The summed E-state index contributed by atoms with van der Waals surface area (Å²) in [7, 11) is 3.06. The summed E-state index contributed by atoms with van der Waals surface area (Å²) in [6, 6.07) is 1.92. The van der Waals surface area contributed by atoms with Crippen LogP contribution in [0, 0.1) is 21.4 Å². The molecule has 0 radical (unpaired) electrons. The van der Waals surface area contributed by atoms with Crippen molar-refractivity contribution in [3.05, 3.63) is 21.9 Å². The van der Waals surface area contributed by atoms with Crippen LogP contribution in [0.1, 0.15) is 5.56 Å². The van der Waals surface area contributed by atoms with Crippen LogP contribution in [0.5, 0.6) is 0 Å². The molecule has 18 heavy (non-hydrogen) atoms. The Morgan fingerprint density at radius 3 is 2.72 bits per heavy atom. The van der Waals surface area contributed by atoms with Crippen LogP contribution in [-0.2, 0) is 14.1 Å². The van der Waals surface area contributed by atoms with Gasteiger partial charge in [-0.1, -0.05) is 0 Å². The lowest BCUT2D eigenvalue weighted by Gasteiger charge is -1.95. The van der Waals surface area contributed by atoms with E-state index in [0.717, 1.165) is 6.20 Å². The van der Waals surface area contributed by atoms with Crippen LogP contribution >= 0.6 is 0 Å². The molecule has 0 saturated carbocycles. The number of nitrogen functional groups attached to an aromatic ring is 1. The second-order valence-electron chi connectivity index (χ2n) is 3.60. The first kappa shape index (κ1) is 11.6. The fourth-order valence-electron chi connectivity index (χ4n) is 1.59. The molecule has 0 aliphatic carbocycles. The largest absolute Gasteiger partial charge is 0.383 e. The van der Waals surface area contributed by atoms with E-state index < -0.39 is 4.92 Å². The molecular weight excluding hydrogens is 238 g/mol. The third kappa shape index (κ3) is 1.47. The summed E-state index contributed by atoms with van der Waals surface area (Å²) < 4.78 is 2.58. The van der Waals surface area contributed by atoms with Gasteiger partial charge in [0.25, 0.3) is 5.82 Å². The van der Waals surface area contributed by atoms with Crippen molar-refractivity contribution in [1.29, 1.82) is 5.26 Å². The molecule has 2 N–H and O–H groups in total. The van der Waals surface area contributed by atoms with Crippen molar-refractivity contribution in [3.63, 3.8) is 0 Å². The van der Waals surface area contributed by atoms with Crippen LogP contribution < -0.4 is 5.73 Å². The maximum absolute atomic E-state index is 10.7. The average molecular weight is 247 g/mol. The van der Waals surface area contributed by atoms with E-state index in [0.29, 0.717) is 0 Å². The zero-order valence-electron chi connectivity index (χ0n) is 9.65. The molecule has 0 fully saturated rings. The number of rotatable bonds is 2. The highest BCUT2D eigenvalue weighted by Crippen LogP contribution is 2.27. The lowest BCUT2D eigenvalue weighted by Crippen LogP contribution is -2.00. The normalized spacial score (nSPS) is 10.3. The van der Waals surface area contributed by atoms with E-state index in [4.69, 9.17) is 11.0 Å². The highest BCUT2D eigenvalue weighted by atomic mass is 16.6. The van der Waals surface area contributed by atoms with Crippen molar-refractivity contribution in [1.82, 2.24) is 19.3 Å². The number of nitro groups is 1. The van der Waals surface area contributed by atoms with Gasteiger partial charge in [-0.2, -0.15) is 10.4 Å². The molecule has 0 aliphatic rings. The first-order valence-corrected chi connectivity index (χ1v) is 4.86. The summed E-state index contributed by atoms with van der Waals surface area (Å²) >= 11 is 0. The van der Waals surface area contributed by atoms with Crippen molar-refractivity contribution < 1.29 is 4.92 Å². The van der Waals surface area contributed by atoms with Gasteiger partial charge in [0.05, 0.1) is 7.05 Å². The molecule has 0 saturated heterocycles. The molecule has 0 spiro atoms. The molecule has 2 heterocycles. The lowest BCUT2D eigenvalue weighted by atomic mass is 10.2. The van der Waals surface area contributed by atoms with Crippen molar-refractivity contribution in [2.24, 2.45) is 14.1 Å². The molecule has 0 atom stereocenters. The molecule has 0 amide bonds. The highest BCUT2D eigenvalue weighted by Gasteiger charge is 2.25. The van der Waals surface area contributed by atoms with Gasteiger partial charge in [-0.3, -0.25) is 4.68 Å². The fourth-order valence-corrected chi connectivity index (χ4v) is 1.59. The molecular formula is C9H9N7O2. The Bertz CT molecular complexity index is 676. The molecule has 2 rings (SSSR count). The number of nitriles is 1. The van der Waals surface area contributed by atoms with Crippen molar-refractivity contribution in [3.8, 4) is 17.6 Å². The number of hydrogen-bond acceptors (Lipinski definition) is 6.